The summed E-state index contributed by atoms with van der Waals surface area (Å²) in [5.74, 6) is 0.429. The molecule has 1 aromatic carbocycles. The lowest BCUT2D eigenvalue weighted by Gasteiger charge is -2.00. The van der Waals surface area contributed by atoms with E-state index in [1.165, 1.54) is 29.2 Å². The first-order valence-corrected chi connectivity index (χ1v) is 7.69. The quantitative estimate of drug-likeness (QED) is 0.803. The van der Waals surface area contributed by atoms with Crippen molar-refractivity contribution in [2.24, 2.45) is 0 Å². The van der Waals surface area contributed by atoms with Crippen molar-refractivity contribution < 1.29 is 4.39 Å². The molecule has 0 fully saturated rings. The standard InChI is InChI=1S/C11H8FN3S3/c1-2-16-10-14-15-11(18-10)17-9-5-3-4-8(12)7(9)6-13/h3-5H,2H2,1H3. The molecule has 0 atom stereocenters. The number of benzene rings is 1. The molecule has 0 aliphatic heterocycles. The maximum Gasteiger partial charge on any atom is 0.179 e. The number of nitrogens with zero attached hydrogens (tertiary/aromatic N) is 3. The predicted octanol–water partition coefficient (Wildman–Crippen LogP) is 3.81. The van der Waals surface area contributed by atoms with Gasteiger partial charge in [0.25, 0.3) is 0 Å². The first-order valence-electron chi connectivity index (χ1n) is 5.07. The van der Waals surface area contributed by atoms with Crippen molar-refractivity contribution >= 4 is 34.9 Å². The second-order valence-corrected chi connectivity index (χ2v) is 6.87. The van der Waals surface area contributed by atoms with E-state index in [9.17, 15) is 4.39 Å². The molecule has 0 aliphatic carbocycles. The van der Waals surface area contributed by atoms with Crippen molar-refractivity contribution in [3.63, 3.8) is 0 Å². The van der Waals surface area contributed by atoms with Crippen LogP contribution in [-0.2, 0) is 0 Å². The monoisotopic (exact) mass is 297 g/mol. The second-order valence-electron chi connectivity index (χ2n) is 3.09. The molecule has 0 bridgehead atoms. The fourth-order valence-corrected chi connectivity index (χ4v) is 4.19. The van der Waals surface area contributed by atoms with Gasteiger partial charge in [0.15, 0.2) is 8.68 Å². The molecule has 3 nitrogen and oxygen atoms in total. The van der Waals surface area contributed by atoms with Crippen LogP contribution in [-0.4, -0.2) is 16.0 Å². The minimum atomic E-state index is -0.504. The summed E-state index contributed by atoms with van der Waals surface area (Å²) in [7, 11) is 0. The summed E-state index contributed by atoms with van der Waals surface area (Å²) in [6, 6.07) is 6.44. The van der Waals surface area contributed by atoms with Crippen molar-refractivity contribution in [2.75, 3.05) is 5.75 Å². The summed E-state index contributed by atoms with van der Waals surface area (Å²) in [6.07, 6.45) is 0. The number of rotatable bonds is 4. The minimum Gasteiger partial charge on any atom is -0.206 e. The molecule has 2 aromatic rings. The van der Waals surface area contributed by atoms with Gasteiger partial charge in [-0.25, -0.2) is 4.39 Å². The highest BCUT2D eigenvalue weighted by atomic mass is 32.2. The lowest BCUT2D eigenvalue weighted by Crippen LogP contribution is -1.86. The molecule has 0 saturated heterocycles. The lowest BCUT2D eigenvalue weighted by molar-refractivity contribution is 0.620. The smallest absolute Gasteiger partial charge is 0.179 e. The molecule has 18 heavy (non-hydrogen) atoms. The normalized spacial score (nSPS) is 10.3. The molecule has 0 aliphatic rings. The van der Waals surface area contributed by atoms with E-state index in [0.717, 1.165) is 10.1 Å². The van der Waals surface area contributed by atoms with Gasteiger partial charge in [0.05, 0.1) is 0 Å². The Morgan fingerprint density at radius 3 is 2.89 bits per heavy atom. The van der Waals surface area contributed by atoms with Crippen molar-refractivity contribution in [1.82, 2.24) is 10.2 Å². The largest absolute Gasteiger partial charge is 0.206 e. The summed E-state index contributed by atoms with van der Waals surface area (Å²) in [5.41, 5.74) is 0.0578. The Morgan fingerprint density at radius 2 is 2.17 bits per heavy atom. The van der Waals surface area contributed by atoms with Gasteiger partial charge in [-0.2, -0.15) is 5.26 Å². The van der Waals surface area contributed by atoms with E-state index in [-0.39, 0.29) is 5.56 Å². The zero-order valence-corrected chi connectivity index (χ0v) is 11.8. The highest BCUT2D eigenvalue weighted by Gasteiger charge is 2.12. The van der Waals surface area contributed by atoms with Gasteiger partial charge in [-0.3, -0.25) is 0 Å². The van der Waals surface area contributed by atoms with Crippen LogP contribution in [0.25, 0.3) is 0 Å². The average Bonchev–Trinajstić information content (AvgIpc) is 2.77. The number of hydrogen-bond acceptors (Lipinski definition) is 6. The summed E-state index contributed by atoms with van der Waals surface area (Å²) in [6.45, 7) is 2.04. The molecule has 1 aromatic heterocycles. The molecule has 2 rings (SSSR count). The SMILES string of the molecule is CCSc1nnc(Sc2cccc(F)c2C#N)s1. The second kappa shape index (κ2) is 6.18. The Bertz CT molecular complexity index is 591. The number of hydrogen-bond donors (Lipinski definition) is 0. The van der Waals surface area contributed by atoms with E-state index < -0.39 is 5.82 Å². The van der Waals surface area contributed by atoms with E-state index >= 15 is 0 Å². The van der Waals surface area contributed by atoms with Crippen LogP contribution in [0.3, 0.4) is 0 Å². The fraction of sp³-hybridized carbons (Fsp3) is 0.182. The summed E-state index contributed by atoms with van der Waals surface area (Å²) in [4.78, 5) is 0.571. The first-order chi connectivity index (χ1) is 8.74. The van der Waals surface area contributed by atoms with E-state index in [0.29, 0.717) is 9.24 Å². The highest BCUT2D eigenvalue weighted by Crippen LogP contribution is 2.35. The number of thioether (sulfide) groups is 1. The van der Waals surface area contributed by atoms with Gasteiger partial charge in [-0.05, 0) is 17.9 Å². The molecule has 1 heterocycles. The molecule has 0 radical (unpaired) electrons. The third kappa shape index (κ3) is 3.02. The third-order valence-electron chi connectivity index (χ3n) is 1.94. The van der Waals surface area contributed by atoms with Crippen LogP contribution in [0.15, 0.2) is 31.8 Å². The van der Waals surface area contributed by atoms with E-state index in [1.54, 1.807) is 23.9 Å². The molecule has 0 unspecified atom stereocenters. The van der Waals surface area contributed by atoms with Gasteiger partial charge in [0.2, 0.25) is 0 Å². The van der Waals surface area contributed by atoms with Crippen LogP contribution in [0, 0.1) is 17.1 Å². The maximum absolute atomic E-state index is 13.4. The molecule has 0 amide bonds. The fourth-order valence-electron chi connectivity index (χ4n) is 1.21. The van der Waals surface area contributed by atoms with Crippen LogP contribution >= 0.6 is 34.9 Å². The summed E-state index contributed by atoms with van der Waals surface area (Å²) in [5, 5.41) is 17.0. The molecular weight excluding hydrogens is 289 g/mol. The third-order valence-corrected chi connectivity index (χ3v) is 4.99. The highest BCUT2D eigenvalue weighted by molar-refractivity contribution is 8.03. The van der Waals surface area contributed by atoms with Crippen molar-refractivity contribution in [1.29, 1.82) is 5.26 Å². The molecule has 0 N–H and O–H groups in total. The Hall–Kier alpha value is -1.10. The summed E-state index contributed by atoms with van der Waals surface area (Å²) >= 11 is 4.33. The predicted molar refractivity (Wildman–Crippen MR) is 71.5 cm³/mol. The Kier molecular flexibility index (Phi) is 4.58. The van der Waals surface area contributed by atoms with E-state index in [4.69, 9.17) is 5.26 Å². The summed E-state index contributed by atoms with van der Waals surface area (Å²) < 4.78 is 15.0. The van der Waals surface area contributed by atoms with Crippen LogP contribution in [0.5, 0.6) is 0 Å². The van der Waals surface area contributed by atoms with Crippen LogP contribution in [0.1, 0.15) is 12.5 Å². The van der Waals surface area contributed by atoms with Crippen LogP contribution < -0.4 is 0 Å². The molecule has 0 spiro atoms. The van der Waals surface area contributed by atoms with Gasteiger partial charge in [0.1, 0.15) is 17.4 Å². The molecule has 0 saturated carbocycles. The zero-order chi connectivity index (χ0) is 13.0. The minimum absolute atomic E-state index is 0.0578. The van der Waals surface area contributed by atoms with Crippen LogP contribution in [0.4, 0.5) is 4.39 Å². The van der Waals surface area contributed by atoms with Crippen molar-refractivity contribution in [2.45, 2.75) is 20.5 Å². The van der Waals surface area contributed by atoms with Gasteiger partial charge in [-0.1, -0.05) is 47.9 Å². The number of halogens is 1. The lowest BCUT2D eigenvalue weighted by atomic mass is 10.2. The Morgan fingerprint density at radius 1 is 1.39 bits per heavy atom. The molecule has 92 valence electrons. The Balaban J connectivity index is 2.23. The zero-order valence-electron chi connectivity index (χ0n) is 9.38. The van der Waals surface area contributed by atoms with E-state index in [2.05, 4.69) is 10.2 Å². The van der Waals surface area contributed by atoms with Crippen molar-refractivity contribution in [3.8, 4) is 6.07 Å². The maximum atomic E-state index is 13.4. The number of nitriles is 1. The van der Waals surface area contributed by atoms with Gasteiger partial charge in [0, 0.05) is 4.90 Å². The van der Waals surface area contributed by atoms with E-state index in [1.807, 2.05) is 13.0 Å². The Labute approximate surface area is 116 Å². The van der Waals surface area contributed by atoms with Gasteiger partial charge >= 0.3 is 0 Å². The van der Waals surface area contributed by atoms with Crippen molar-refractivity contribution in [3.05, 3.63) is 29.6 Å². The van der Waals surface area contributed by atoms with Gasteiger partial charge in [-0.15, -0.1) is 10.2 Å². The number of aromatic nitrogens is 2. The first kappa shape index (κ1) is 13.3. The average molecular weight is 297 g/mol. The topological polar surface area (TPSA) is 49.6 Å². The molecular formula is C11H8FN3S3. The van der Waals surface area contributed by atoms with Gasteiger partial charge < -0.3 is 0 Å². The van der Waals surface area contributed by atoms with Crippen LogP contribution in [0.2, 0.25) is 0 Å². The molecule has 7 heteroatoms.